The third-order valence-electron chi connectivity index (χ3n) is 11.5. The van der Waals surface area contributed by atoms with Crippen LogP contribution in [0.25, 0.3) is 111 Å². The van der Waals surface area contributed by atoms with Gasteiger partial charge in [-0.25, -0.2) is 19.9 Å². The quantitative estimate of drug-likeness (QED) is 0.151. The average molecular weight is 780 g/mol. The standard InChI is InChI=1S/C56H37N5/c1-36-30-51(38-12-4-2-5-13-38)59-55-47(36)28-26-40-27-29-50(58-54(40)55)44-19-10-17-42(31-44)37-22-24-41(25-23-37)56-60-52(39-14-6-3-7-15-39)33-53(61-56)45-20-11-18-43(32-45)49-35-57-34-46-16-8-9-21-48(46)49/h2-35H,1H3. The third kappa shape index (κ3) is 6.88. The highest BCUT2D eigenvalue weighted by molar-refractivity contribution is 6.05. The number of nitrogens with zero attached hydrogens (tertiary/aromatic N) is 5. The lowest BCUT2D eigenvalue weighted by Crippen LogP contribution is -1.96. The molecule has 0 N–H and O–H groups in total. The van der Waals surface area contributed by atoms with Crippen LogP contribution in [0.15, 0.2) is 207 Å². The molecular weight excluding hydrogens is 743 g/mol. The van der Waals surface area contributed by atoms with E-state index in [0.717, 1.165) is 100 Å². The monoisotopic (exact) mass is 779 g/mol. The Morgan fingerprint density at radius 3 is 1.66 bits per heavy atom. The molecule has 0 aliphatic heterocycles. The van der Waals surface area contributed by atoms with Crippen molar-refractivity contribution in [1.82, 2.24) is 24.9 Å². The molecule has 0 amide bonds. The number of aryl methyl sites for hydroxylation is 1. The summed E-state index contributed by atoms with van der Waals surface area (Å²) in [7, 11) is 0. The second kappa shape index (κ2) is 15.2. The van der Waals surface area contributed by atoms with Crippen LogP contribution in [0.5, 0.6) is 0 Å². The summed E-state index contributed by atoms with van der Waals surface area (Å²) in [5.41, 5.74) is 16.1. The molecule has 4 heterocycles. The summed E-state index contributed by atoms with van der Waals surface area (Å²) in [5, 5.41) is 4.46. The van der Waals surface area contributed by atoms with Gasteiger partial charge >= 0.3 is 0 Å². The van der Waals surface area contributed by atoms with Crippen molar-refractivity contribution in [2.75, 3.05) is 0 Å². The Morgan fingerprint density at radius 1 is 0.311 bits per heavy atom. The molecular formula is C56H37N5. The van der Waals surface area contributed by atoms with Crippen LogP contribution < -0.4 is 0 Å². The number of rotatable bonds is 7. The Kier molecular flexibility index (Phi) is 8.98. The first kappa shape index (κ1) is 36.0. The van der Waals surface area contributed by atoms with Crippen LogP contribution in [-0.4, -0.2) is 24.9 Å². The van der Waals surface area contributed by atoms with Crippen LogP contribution in [0.4, 0.5) is 0 Å². The Bertz CT molecular complexity index is 3410. The maximum Gasteiger partial charge on any atom is 0.160 e. The number of hydrogen-bond acceptors (Lipinski definition) is 5. The molecule has 0 spiro atoms. The lowest BCUT2D eigenvalue weighted by atomic mass is 9.98. The Labute approximate surface area is 353 Å². The predicted molar refractivity (Wildman–Crippen MR) is 251 cm³/mol. The van der Waals surface area contributed by atoms with Gasteiger partial charge in [-0.3, -0.25) is 4.98 Å². The molecule has 11 rings (SSSR count). The SMILES string of the molecule is Cc1cc(-c2ccccc2)nc2c1ccc1ccc(-c3cccc(-c4ccc(-c5nc(-c6ccccc6)cc(-c6cccc(-c7cncc8ccccc78)c6)n5)cc4)c3)nc12. The second-order valence-electron chi connectivity index (χ2n) is 15.4. The van der Waals surface area contributed by atoms with E-state index >= 15 is 0 Å². The molecule has 286 valence electrons. The highest BCUT2D eigenvalue weighted by atomic mass is 14.9. The van der Waals surface area contributed by atoms with Crippen molar-refractivity contribution < 1.29 is 0 Å². The first-order valence-corrected chi connectivity index (χ1v) is 20.5. The van der Waals surface area contributed by atoms with Crippen LogP contribution in [0.2, 0.25) is 0 Å². The molecule has 4 aromatic heterocycles. The van der Waals surface area contributed by atoms with E-state index in [2.05, 4.69) is 176 Å². The minimum atomic E-state index is 0.667. The molecule has 5 heteroatoms. The zero-order chi connectivity index (χ0) is 40.7. The molecule has 0 atom stereocenters. The smallest absolute Gasteiger partial charge is 0.160 e. The van der Waals surface area contributed by atoms with E-state index in [-0.39, 0.29) is 0 Å². The zero-order valence-corrected chi connectivity index (χ0v) is 33.4. The van der Waals surface area contributed by atoms with Gasteiger partial charge in [0.15, 0.2) is 5.82 Å². The van der Waals surface area contributed by atoms with Crippen LogP contribution in [0.1, 0.15) is 5.56 Å². The van der Waals surface area contributed by atoms with Crippen LogP contribution in [0.3, 0.4) is 0 Å². The first-order valence-electron chi connectivity index (χ1n) is 20.5. The van der Waals surface area contributed by atoms with Crippen molar-refractivity contribution in [1.29, 1.82) is 0 Å². The van der Waals surface area contributed by atoms with Gasteiger partial charge in [-0.1, -0.05) is 164 Å². The lowest BCUT2D eigenvalue weighted by Gasteiger charge is -2.12. The number of benzene rings is 7. The van der Waals surface area contributed by atoms with Crippen molar-refractivity contribution in [2.45, 2.75) is 6.92 Å². The molecule has 5 nitrogen and oxygen atoms in total. The number of fused-ring (bicyclic) bond motifs is 4. The van der Waals surface area contributed by atoms with E-state index in [1.807, 2.05) is 42.7 Å². The molecule has 0 unspecified atom stereocenters. The van der Waals surface area contributed by atoms with Gasteiger partial charge in [0.05, 0.1) is 33.8 Å². The highest BCUT2D eigenvalue weighted by Gasteiger charge is 2.15. The maximum atomic E-state index is 5.26. The van der Waals surface area contributed by atoms with Crippen molar-refractivity contribution in [3.63, 3.8) is 0 Å². The van der Waals surface area contributed by atoms with Gasteiger partial charge in [-0.2, -0.15) is 0 Å². The van der Waals surface area contributed by atoms with Gasteiger partial charge in [0.2, 0.25) is 0 Å². The Hall–Kier alpha value is -8.15. The van der Waals surface area contributed by atoms with Crippen molar-refractivity contribution in [3.8, 4) is 78.7 Å². The Balaban J connectivity index is 0.944. The fraction of sp³-hybridized carbons (Fsp3) is 0.0179. The second-order valence-corrected chi connectivity index (χ2v) is 15.4. The molecule has 7 aromatic carbocycles. The number of pyridine rings is 3. The van der Waals surface area contributed by atoms with Gasteiger partial charge in [0, 0.05) is 61.9 Å². The molecule has 0 saturated heterocycles. The zero-order valence-electron chi connectivity index (χ0n) is 33.4. The van der Waals surface area contributed by atoms with Gasteiger partial charge < -0.3 is 0 Å². The van der Waals surface area contributed by atoms with Crippen molar-refractivity contribution >= 4 is 32.6 Å². The van der Waals surface area contributed by atoms with Gasteiger partial charge in [-0.05, 0) is 64.9 Å². The normalized spacial score (nSPS) is 11.4. The van der Waals surface area contributed by atoms with E-state index in [9.17, 15) is 0 Å². The minimum absolute atomic E-state index is 0.667. The molecule has 0 saturated carbocycles. The lowest BCUT2D eigenvalue weighted by molar-refractivity contribution is 1.18. The van der Waals surface area contributed by atoms with Gasteiger partial charge in [-0.15, -0.1) is 0 Å². The number of aromatic nitrogens is 5. The fourth-order valence-corrected chi connectivity index (χ4v) is 8.30. The molecule has 61 heavy (non-hydrogen) atoms. The summed E-state index contributed by atoms with van der Waals surface area (Å²) in [6.07, 6.45) is 3.86. The Morgan fingerprint density at radius 2 is 0.885 bits per heavy atom. The molecule has 0 fully saturated rings. The van der Waals surface area contributed by atoms with Crippen molar-refractivity contribution in [2.24, 2.45) is 0 Å². The predicted octanol–water partition coefficient (Wildman–Crippen LogP) is 14.1. The summed E-state index contributed by atoms with van der Waals surface area (Å²) >= 11 is 0. The van der Waals surface area contributed by atoms with E-state index < -0.39 is 0 Å². The van der Waals surface area contributed by atoms with Crippen LogP contribution in [0, 0.1) is 6.92 Å². The van der Waals surface area contributed by atoms with Gasteiger partial charge in [0.25, 0.3) is 0 Å². The number of hydrogen-bond donors (Lipinski definition) is 0. The molecule has 0 aliphatic rings. The molecule has 11 aromatic rings. The molecule has 0 radical (unpaired) electrons. The highest BCUT2D eigenvalue weighted by Crippen LogP contribution is 2.35. The average Bonchev–Trinajstić information content (AvgIpc) is 3.34. The minimum Gasteiger partial charge on any atom is -0.263 e. The summed E-state index contributed by atoms with van der Waals surface area (Å²) in [5.74, 6) is 0.667. The maximum absolute atomic E-state index is 5.26. The van der Waals surface area contributed by atoms with Crippen molar-refractivity contribution in [3.05, 3.63) is 212 Å². The van der Waals surface area contributed by atoms with Gasteiger partial charge in [0.1, 0.15) is 0 Å². The summed E-state index contributed by atoms with van der Waals surface area (Å²) in [6.45, 7) is 2.15. The van der Waals surface area contributed by atoms with E-state index in [0.29, 0.717) is 5.82 Å². The largest absolute Gasteiger partial charge is 0.263 e. The third-order valence-corrected chi connectivity index (χ3v) is 11.5. The van der Waals surface area contributed by atoms with Crippen LogP contribution >= 0.6 is 0 Å². The molecule has 0 bridgehead atoms. The van der Waals surface area contributed by atoms with E-state index in [1.54, 1.807) is 0 Å². The summed E-state index contributed by atoms with van der Waals surface area (Å²) in [6, 6.07) is 67.5. The van der Waals surface area contributed by atoms with Crippen LogP contribution in [-0.2, 0) is 0 Å². The summed E-state index contributed by atoms with van der Waals surface area (Å²) in [4.78, 5) is 25.3. The van der Waals surface area contributed by atoms with E-state index in [1.165, 1.54) is 10.9 Å². The first-order chi connectivity index (χ1) is 30.1. The summed E-state index contributed by atoms with van der Waals surface area (Å²) < 4.78 is 0. The molecule has 0 aliphatic carbocycles. The topological polar surface area (TPSA) is 64.5 Å². The fourth-order valence-electron chi connectivity index (χ4n) is 8.30. The van der Waals surface area contributed by atoms with E-state index in [4.69, 9.17) is 19.9 Å².